The fraction of sp³-hybridized carbons (Fsp3) is 0.261. The van der Waals surface area contributed by atoms with Crippen LogP contribution in [0.3, 0.4) is 0 Å². The molecule has 2 aromatic carbocycles. The van der Waals surface area contributed by atoms with E-state index in [-0.39, 0.29) is 30.3 Å². The number of carbonyl (C=O) groups excluding carboxylic acids is 2. The average molecular weight is 408 g/mol. The second-order valence-corrected chi connectivity index (χ2v) is 7.16. The van der Waals surface area contributed by atoms with Crippen molar-refractivity contribution in [1.29, 1.82) is 0 Å². The Morgan fingerprint density at radius 3 is 2.53 bits per heavy atom. The maximum atomic E-state index is 13.2. The van der Waals surface area contributed by atoms with Gasteiger partial charge in [-0.1, -0.05) is 5.16 Å². The first-order chi connectivity index (χ1) is 14.5. The number of ether oxygens (including phenoxy) is 1. The van der Waals surface area contributed by atoms with E-state index in [1.54, 1.807) is 48.4 Å². The Bertz CT molecular complexity index is 1060. The average Bonchev–Trinajstić information content (AvgIpc) is 3.21. The van der Waals surface area contributed by atoms with E-state index in [4.69, 9.17) is 9.26 Å². The smallest absolute Gasteiger partial charge is 0.223 e. The molecule has 1 aromatic heterocycles. The Kier molecular flexibility index (Phi) is 5.61. The maximum Gasteiger partial charge on any atom is 0.223 e. The summed E-state index contributed by atoms with van der Waals surface area (Å²) in [6, 6.07) is 12.9. The lowest BCUT2D eigenvalue weighted by Crippen LogP contribution is -2.36. The van der Waals surface area contributed by atoms with E-state index < -0.39 is 0 Å². The number of fused-ring (bicyclic) bond motifs is 1. The minimum absolute atomic E-state index is 0.0799. The lowest BCUT2D eigenvalue weighted by Gasteiger charge is -2.26. The highest BCUT2D eigenvalue weighted by atomic mass is 19.1. The van der Waals surface area contributed by atoms with E-state index in [2.05, 4.69) is 5.16 Å². The summed E-state index contributed by atoms with van der Waals surface area (Å²) < 4.78 is 23.7. The number of hydrogen-bond donors (Lipinski definition) is 0. The molecule has 0 saturated heterocycles. The van der Waals surface area contributed by atoms with Gasteiger partial charge in [0.25, 0.3) is 0 Å². The third-order valence-electron chi connectivity index (χ3n) is 5.28. The summed E-state index contributed by atoms with van der Waals surface area (Å²) in [6.07, 6.45) is 0.890. The largest absolute Gasteiger partial charge is 0.497 e. The molecule has 154 valence electrons. The summed E-state index contributed by atoms with van der Waals surface area (Å²) in [6.45, 7) is 0.869. The molecule has 0 aliphatic carbocycles. The van der Waals surface area contributed by atoms with Crippen LogP contribution in [0, 0.1) is 5.82 Å². The molecule has 1 amide bonds. The quantitative estimate of drug-likeness (QED) is 0.576. The first-order valence-electron chi connectivity index (χ1n) is 9.73. The van der Waals surface area contributed by atoms with Gasteiger partial charge in [-0.15, -0.1) is 0 Å². The predicted octanol–water partition coefficient (Wildman–Crippen LogP) is 4.04. The fourth-order valence-corrected chi connectivity index (χ4v) is 3.57. The third kappa shape index (κ3) is 4.10. The van der Waals surface area contributed by atoms with E-state index in [9.17, 15) is 14.0 Å². The van der Waals surface area contributed by atoms with Crippen LogP contribution >= 0.6 is 0 Å². The van der Waals surface area contributed by atoms with Crippen molar-refractivity contribution in [3.63, 3.8) is 0 Å². The van der Waals surface area contributed by atoms with Crippen molar-refractivity contribution in [2.24, 2.45) is 0 Å². The molecule has 0 N–H and O–H groups in total. The molecule has 1 aliphatic rings. The van der Waals surface area contributed by atoms with Gasteiger partial charge < -0.3 is 14.2 Å². The molecule has 30 heavy (non-hydrogen) atoms. The topological polar surface area (TPSA) is 72.6 Å². The number of methoxy groups -OCH3 is 1. The number of hydrogen-bond acceptors (Lipinski definition) is 5. The van der Waals surface area contributed by atoms with Crippen LogP contribution in [0.2, 0.25) is 0 Å². The monoisotopic (exact) mass is 408 g/mol. The number of aromatic nitrogens is 1. The maximum absolute atomic E-state index is 13.2. The molecule has 0 bridgehead atoms. The first-order valence-corrected chi connectivity index (χ1v) is 9.73. The number of benzene rings is 2. The van der Waals surface area contributed by atoms with Crippen LogP contribution in [-0.4, -0.2) is 35.4 Å². The van der Waals surface area contributed by atoms with Crippen LogP contribution in [0.4, 0.5) is 4.39 Å². The Morgan fingerprint density at radius 1 is 1.10 bits per heavy atom. The Labute approximate surface area is 173 Å². The summed E-state index contributed by atoms with van der Waals surface area (Å²) >= 11 is 0. The highest BCUT2D eigenvalue weighted by molar-refractivity contribution is 5.98. The number of carbonyl (C=O) groups is 2. The van der Waals surface area contributed by atoms with E-state index in [1.165, 1.54) is 12.1 Å². The Hall–Kier alpha value is -3.48. The van der Waals surface area contributed by atoms with Crippen LogP contribution in [-0.2, 0) is 17.8 Å². The zero-order valence-corrected chi connectivity index (χ0v) is 16.6. The second-order valence-electron chi connectivity index (χ2n) is 7.16. The SMILES string of the molecule is COc1ccc(C(=O)CCC(=O)N2CCc3c(noc3-c3ccc(F)cc3)C2)cc1. The molecule has 0 saturated carbocycles. The summed E-state index contributed by atoms with van der Waals surface area (Å²) in [7, 11) is 1.57. The van der Waals surface area contributed by atoms with Gasteiger partial charge in [-0.2, -0.15) is 0 Å². The number of rotatable bonds is 6. The normalized spacial score (nSPS) is 13.1. The lowest BCUT2D eigenvalue weighted by atomic mass is 10.00. The minimum atomic E-state index is -0.312. The Balaban J connectivity index is 1.37. The lowest BCUT2D eigenvalue weighted by molar-refractivity contribution is -0.132. The number of nitrogens with zero attached hydrogens (tertiary/aromatic N) is 2. The van der Waals surface area contributed by atoms with Gasteiger partial charge in [0.2, 0.25) is 5.91 Å². The van der Waals surface area contributed by atoms with Gasteiger partial charge in [0.1, 0.15) is 17.3 Å². The number of ketones is 1. The van der Waals surface area contributed by atoms with Crippen molar-refractivity contribution in [3.8, 4) is 17.1 Å². The predicted molar refractivity (Wildman–Crippen MR) is 108 cm³/mol. The number of Topliss-reactive ketones (excluding diaryl/α,β-unsaturated/α-hetero) is 1. The van der Waals surface area contributed by atoms with E-state index in [0.29, 0.717) is 42.3 Å². The fourth-order valence-electron chi connectivity index (χ4n) is 3.57. The van der Waals surface area contributed by atoms with Gasteiger partial charge in [-0.3, -0.25) is 9.59 Å². The van der Waals surface area contributed by atoms with Crippen molar-refractivity contribution >= 4 is 11.7 Å². The molecule has 0 fully saturated rings. The van der Waals surface area contributed by atoms with Crippen LogP contribution in [0.25, 0.3) is 11.3 Å². The van der Waals surface area contributed by atoms with Gasteiger partial charge in [0.15, 0.2) is 11.5 Å². The van der Waals surface area contributed by atoms with Crippen LogP contribution in [0.15, 0.2) is 53.1 Å². The molecule has 0 atom stereocenters. The van der Waals surface area contributed by atoms with Crippen molar-refractivity contribution in [2.75, 3.05) is 13.7 Å². The molecule has 6 nitrogen and oxygen atoms in total. The van der Waals surface area contributed by atoms with Crippen molar-refractivity contribution in [1.82, 2.24) is 10.1 Å². The van der Waals surface area contributed by atoms with Crippen molar-refractivity contribution in [3.05, 3.63) is 71.2 Å². The zero-order valence-electron chi connectivity index (χ0n) is 16.6. The summed E-state index contributed by atoms with van der Waals surface area (Å²) in [4.78, 5) is 26.7. The molecule has 3 aromatic rings. The van der Waals surface area contributed by atoms with E-state index >= 15 is 0 Å². The molecule has 7 heteroatoms. The molecular formula is C23H21FN2O4. The molecule has 0 spiro atoms. The Morgan fingerprint density at radius 2 is 1.83 bits per heavy atom. The van der Waals surface area contributed by atoms with Gasteiger partial charge in [0, 0.05) is 36.1 Å². The van der Waals surface area contributed by atoms with Gasteiger partial charge in [-0.05, 0) is 55.0 Å². The molecular weight excluding hydrogens is 387 g/mol. The first kappa shape index (κ1) is 19.8. The van der Waals surface area contributed by atoms with Crippen LogP contribution in [0.5, 0.6) is 5.75 Å². The van der Waals surface area contributed by atoms with Crippen LogP contribution in [0.1, 0.15) is 34.5 Å². The highest BCUT2D eigenvalue weighted by Crippen LogP contribution is 2.30. The summed E-state index contributed by atoms with van der Waals surface area (Å²) in [5.74, 6) is 0.816. The number of amides is 1. The summed E-state index contributed by atoms with van der Waals surface area (Å²) in [5, 5.41) is 4.11. The standard InChI is InChI=1S/C23H21FN2O4/c1-29-18-8-4-15(5-9-18)21(27)10-11-22(28)26-13-12-19-20(14-26)25-30-23(19)16-2-6-17(24)7-3-16/h2-9H,10-14H2,1H3. The van der Waals surface area contributed by atoms with E-state index in [0.717, 1.165) is 11.1 Å². The number of halogens is 1. The van der Waals surface area contributed by atoms with Crippen LogP contribution < -0.4 is 4.74 Å². The third-order valence-corrected chi connectivity index (χ3v) is 5.28. The zero-order chi connectivity index (χ0) is 21.1. The highest BCUT2D eigenvalue weighted by Gasteiger charge is 2.27. The van der Waals surface area contributed by atoms with Gasteiger partial charge in [0.05, 0.1) is 13.7 Å². The van der Waals surface area contributed by atoms with Gasteiger partial charge in [-0.25, -0.2) is 4.39 Å². The summed E-state index contributed by atoms with van der Waals surface area (Å²) in [5.41, 5.74) is 2.97. The molecule has 1 aliphatic heterocycles. The van der Waals surface area contributed by atoms with E-state index in [1.807, 2.05) is 0 Å². The molecule has 2 heterocycles. The molecule has 4 rings (SSSR count). The van der Waals surface area contributed by atoms with Crippen molar-refractivity contribution in [2.45, 2.75) is 25.8 Å². The van der Waals surface area contributed by atoms with Crippen molar-refractivity contribution < 1.29 is 23.2 Å². The molecule has 0 unspecified atom stereocenters. The minimum Gasteiger partial charge on any atom is -0.497 e. The second kappa shape index (κ2) is 8.49. The van der Waals surface area contributed by atoms with Gasteiger partial charge >= 0.3 is 0 Å². The molecule has 0 radical (unpaired) electrons.